The summed E-state index contributed by atoms with van der Waals surface area (Å²) in [7, 11) is 1.67. The number of hydrogen-bond acceptors (Lipinski definition) is 4. The van der Waals surface area contributed by atoms with Gasteiger partial charge in [-0.3, -0.25) is 4.90 Å². The van der Waals surface area contributed by atoms with Crippen molar-refractivity contribution in [3.8, 4) is 5.75 Å². The van der Waals surface area contributed by atoms with Crippen LogP contribution in [-0.4, -0.2) is 43.3 Å². The summed E-state index contributed by atoms with van der Waals surface area (Å²) in [6, 6.07) is 8.72. The van der Waals surface area contributed by atoms with E-state index in [0.29, 0.717) is 6.04 Å². The van der Waals surface area contributed by atoms with Crippen molar-refractivity contribution in [1.29, 1.82) is 0 Å². The summed E-state index contributed by atoms with van der Waals surface area (Å²) in [4.78, 5) is 2.45. The fourth-order valence-electron chi connectivity index (χ4n) is 2.81. The Morgan fingerprint density at radius 3 is 2.55 bits per heavy atom. The largest absolute Gasteiger partial charge is 0.497 e. The molecule has 0 aromatic heterocycles. The molecule has 0 radical (unpaired) electrons. The molecule has 0 saturated carbocycles. The van der Waals surface area contributed by atoms with Crippen LogP contribution in [-0.2, 0) is 4.74 Å². The molecule has 2 rings (SSSR count). The zero-order chi connectivity index (χ0) is 14.7. The smallest absolute Gasteiger partial charge is 0.118 e. The summed E-state index contributed by atoms with van der Waals surface area (Å²) in [6.07, 6.45) is 0.275. The Morgan fingerprint density at radius 2 is 1.95 bits per heavy atom. The lowest BCUT2D eigenvalue weighted by molar-refractivity contribution is -0.0668. The first-order chi connectivity index (χ1) is 9.52. The van der Waals surface area contributed by atoms with E-state index in [0.717, 1.165) is 24.5 Å². The maximum Gasteiger partial charge on any atom is 0.118 e. The molecule has 1 aliphatic rings. The molecule has 1 aromatic carbocycles. The highest BCUT2D eigenvalue weighted by atomic mass is 16.5. The Labute approximate surface area is 121 Å². The van der Waals surface area contributed by atoms with E-state index in [1.54, 1.807) is 7.11 Å². The number of nitrogens with zero attached hydrogens (tertiary/aromatic N) is 1. The second-order valence-electron chi connectivity index (χ2n) is 5.73. The third-order valence-electron chi connectivity index (χ3n) is 4.20. The number of nitrogens with two attached hydrogens (primary N) is 1. The van der Waals surface area contributed by atoms with Crippen molar-refractivity contribution in [3.63, 3.8) is 0 Å². The minimum atomic E-state index is -0.00587. The number of benzene rings is 1. The van der Waals surface area contributed by atoms with E-state index in [1.165, 1.54) is 0 Å². The molecule has 0 aliphatic carbocycles. The van der Waals surface area contributed by atoms with Gasteiger partial charge in [-0.25, -0.2) is 0 Å². The number of morpholine rings is 1. The van der Waals surface area contributed by atoms with Gasteiger partial charge in [0.05, 0.1) is 19.8 Å². The lowest BCUT2D eigenvalue weighted by atomic mass is 9.98. The lowest BCUT2D eigenvalue weighted by Gasteiger charge is -2.42. The SMILES string of the molecule is COc1ccc(C(N)C(C)N2CC(C)OCC2C)cc1. The Balaban J connectivity index is 2.08. The summed E-state index contributed by atoms with van der Waals surface area (Å²) in [6.45, 7) is 8.23. The van der Waals surface area contributed by atoms with Gasteiger partial charge in [-0.2, -0.15) is 0 Å². The lowest BCUT2D eigenvalue weighted by Crippen LogP contribution is -2.54. The summed E-state index contributed by atoms with van der Waals surface area (Å²) >= 11 is 0. The fraction of sp³-hybridized carbons (Fsp3) is 0.625. The van der Waals surface area contributed by atoms with Gasteiger partial charge in [0.15, 0.2) is 0 Å². The van der Waals surface area contributed by atoms with Crippen LogP contribution in [0.5, 0.6) is 5.75 Å². The zero-order valence-electron chi connectivity index (χ0n) is 12.9. The molecule has 1 aliphatic heterocycles. The van der Waals surface area contributed by atoms with E-state index in [9.17, 15) is 0 Å². The van der Waals surface area contributed by atoms with Gasteiger partial charge < -0.3 is 15.2 Å². The van der Waals surface area contributed by atoms with Gasteiger partial charge in [0.25, 0.3) is 0 Å². The molecule has 4 atom stereocenters. The van der Waals surface area contributed by atoms with Crippen LogP contribution in [0.15, 0.2) is 24.3 Å². The van der Waals surface area contributed by atoms with Crippen molar-refractivity contribution in [2.75, 3.05) is 20.3 Å². The number of methoxy groups -OCH3 is 1. The van der Waals surface area contributed by atoms with Crippen molar-refractivity contribution in [1.82, 2.24) is 4.90 Å². The maximum atomic E-state index is 6.45. The highest BCUT2D eigenvalue weighted by Gasteiger charge is 2.30. The minimum Gasteiger partial charge on any atom is -0.497 e. The monoisotopic (exact) mass is 278 g/mol. The van der Waals surface area contributed by atoms with Crippen molar-refractivity contribution in [3.05, 3.63) is 29.8 Å². The maximum absolute atomic E-state index is 6.45. The average Bonchev–Trinajstić information content (AvgIpc) is 2.48. The molecule has 112 valence electrons. The van der Waals surface area contributed by atoms with Crippen LogP contribution in [0.2, 0.25) is 0 Å². The molecule has 4 unspecified atom stereocenters. The van der Waals surface area contributed by atoms with E-state index < -0.39 is 0 Å². The highest BCUT2D eigenvalue weighted by molar-refractivity contribution is 5.29. The first-order valence-corrected chi connectivity index (χ1v) is 7.29. The van der Waals surface area contributed by atoms with Crippen molar-refractivity contribution in [2.45, 2.75) is 45.0 Å². The van der Waals surface area contributed by atoms with E-state index in [-0.39, 0.29) is 18.2 Å². The normalized spacial score (nSPS) is 27.1. The molecule has 1 fully saturated rings. The van der Waals surface area contributed by atoms with Gasteiger partial charge in [0.2, 0.25) is 0 Å². The predicted molar refractivity (Wildman–Crippen MR) is 81.0 cm³/mol. The summed E-state index contributed by atoms with van der Waals surface area (Å²) < 4.78 is 10.9. The van der Waals surface area contributed by atoms with Crippen molar-refractivity contribution >= 4 is 0 Å². The molecule has 4 nitrogen and oxygen atoms in total. The van der Waals surface area contributed by atoms with Crippen LogP contribution in [0.25, 0.3) is 0 Å². The van der Waals surface area contributed by atoms with Crippen LogP contribution >= 0.6 is 0 Å². The van der Waals surface area contributed by atoms with Crippen LogP contribution < -0.4 is 10.5 Å². The molecular formula is C16H26N2O2. The molecule has 0 spiro atoms. The summed E-state index contributed by atoms with van der Waals surface area (Å²) in [5.41, 5.74) is 7.59. The van der Waals surface area contributed by atoms with E-state index in [2.05, 4.69) is 37.8 Å². The highest BCUT2D eigenvalue weighted by Crippen LogP contribution is 2.24. The quantitative estimate of drug-likeness (QED) is 0.917. The predicted octanol–water partition coefficient (Wildman–Crippen LogP) is 2.19. The zero-order valence-corrected chi connectivity index (χ0v) is 12.9. The topological polar surface area (TPSA) is 47.7 Å². The Kier molecular flexibility index (Phi) is 5.02. The van der Waals surface area contributed by atoms with Gasteiger partial charge in [-0.1, -0.05) is 12.1 Å². The van der Waals surface area contributed by atoms with Gasteiger partial charge in [0.1, 0.15) is 5.75 Å². The van der Waals surface area contributed by atoms with E-state index in [4.69, 9.17) is 15.2 Å². The number of hydrogen-bond donors (Lipinski definition) is 1. The fourth-order valence-corrected chi connectivity index (χ4v) is 2.81. The molecule has 2 N–H and O–H groups in total. The Morgan fingerprint density at radius 1 is 1.30 bits per heavy atom. The van der Waals surface area contributed by atoms with Gasteiger partial charge in [-0.05, 0) is 38.5 Å². The minimum absolute atomic E-state index is 0.00587. The molecule has 1 saturated heterocycles. The van der Waals surface area contributed by atoms with Gasteiger partial charge >= 0.3 is 0 Å². The van der Waals surface area contributed by atoms with E-state index >= 15 is 0 Å². The molecule has 0 amide bonds. The molecular weight excluding hydrogens is 252 g/mol. The number of ether oxygens (including phenoxy) is 2. The standard InChI is InChI=1S/C16H26N2O2/c1-11-10-20-12(2)9-18(11)13(3)16(17)14-5-7-15(19-4)8-6-14/h5-8,11-13,16H,9-10,17H2,1-4H3. The first kappa shape index (κ1) is 15.3. The Hall–Kier alpha value is -1.10. The van der Waals surface area contributed by atoms with E-state index in [1.807, 2.05) is 12.1 Å². The van der Waals surface area contributed by atoms with Gasteiger partial charge in [0, 0.05) is 24.7 Å². The summed E-state index contributed by atoms with van der Waals surface area (Å²) in [5.74, 6) is 0.863. The van der Waals surface area contributed by atoms with Crippen molar-refractivity contribution < 1.29 is 9.47 Å². The molecule has 1 aromatic rings. The molecule has 0 bridgehead atoms. The second-order valence-corrected chi connectivity index (χ2v) is 5.73. The van der Waals surface area contributed by atoms with Crippen LogP contribution in [0.3, 0.4) is 0 Å². The first-order valence-electron chi connectivity index (χ1n) is 7.29. The summed E-state index contributed by atoms with van der Waals surface area (Å²) in [5, 5.41) is 0. The van der Waals surface area contributed by atoms with Crippen molar-refractivity contribution in [2.24, 2.45) is 5.73 Å². The average molecular weight is 278 g/mol. The number of rotatable bonds is 4. The third kappa shape index (κ3) is 3.32. The third-order valence-corrected chi connectivity index (χ3v) is 4.20. The second kappa shape index (κ2) is 6.57. The van der Waals surface area contributed by atoms with Crippen LogP contribution in [0, 0.1) is 0 Å². The van der Waals surface area contributed by atoms with Crippen LogP contribution in [0.4, 0.5) is 0 Å². The Bertz CT molecular complexity index is 421. The van der Waals surface area contributed by atoms with Gasteiger partial charge in [-0.15, -0.1) is 0 Å². The molecule has 1 heterocycles. The molecule has 4 heteroatoms. The molecule has 20 heavy (non-hydrogen) atoms. The van der Waals surface area contributed by atoms with Crippen LogP contribution in [0.1, 0.15) is 32.4 Å².